The Morgan fingerprint density at radius 2 is 1.37 bits per heavy atom. The van der Waals surface area contributed by atoms with Crippen molar-refractivity contribution in [3.05, 3.63) is 59.7 Å². The third-order valence-electron chi connectivity index (χ3n) is 5.28. The number of hydrogen-bond acceptors (Lipinski definition) is 4. The van der Waals surface area contributed by atoms with Crippen molar-refractivity contribution in [1.29, 1.82) is 0 Å². The molecule has 0 unspecified atom stereocenters. The van der Waals surface area contributed by atoms with Crippen molar-refractivity contribution in [3.63, 3.8) is 0 Å². The fourth-order valence-electron chi connectivity index (χ4n) is 2.90. The zero-order valence-corrected chi connectivity index (χ0v) is 19.4. The molecule has 0 radical (unpaired) electrons. The van der Waals surface area contributed by atoms with E-state index in [1.165, 1.54) is 18.1 Å². The average Bonchev–Trinajstić information content (AvgIpc) is 2.75. The summed E-state index contributed by atoms with van der Waals surface area (Å²) in [7, 11) is 0. The van der Waals surface area contributed by atoms with Gasteiger partial charge >= 0.3 is 5.97 Å². The van der Waals surface area contributed by atoms with Gasteiger partial charge in [0.1, 0.15) is 30.1 Å². The number of benzene rings is 2. The van der Waals surface area contributed by atoms with Gasteiger partial charge in [0.15, 0.2) is 0 Å². The fraction of sp³-hybridized carbons (Fsp3) is 0.480. The predicted octanol–water partition coefficient (Wildman–Crippen LogP) is 5.99. The quantitative estimate of drug-likeness (QED) is 0.323. The van der Waals surface area contributed by atoms with E-state index in [0.717, 1.165) is 24.5 Å². The van der Waals surface area contributed by atoms with Crippen LogP contribution in [0.1, 0.15) is 52.2 Å². The topological polar surface area (TPSA) is 44.8 Å². The highest BCUT2D eigenvalue weighted by atomic mass is 35.5. The summed E-state index contributed by atoms with van der Waals surface area (Å²) >= 11 is 6.11. The van der Waals surface area contributed by atoms with E-state index in [9.17, 15) is 4.79 Å². The van der Waals surface area contributed by atoms with Gasteiger partial charge < -0.3 is 14.2 Å². The molecule has 2 atom stereocenters. The molecule has 0 saturated heterocycles. The second-order valence-corrected chi connectivity index (χ2v) is 8.83. The minimum Gasteiger partial charge on any atom is -0.493 e. The maximum absolute atomic E-state index is 10.8. The number of carbonyl (C=O) groups is 1. The van der Waals surface area contributed by atoms with Gasteiger partial charge in [0, 0.05) is 12.3 Å². The normalized spacial score (nSPS) is 13.4. The first-order chi connectivity index (χ1) is 14.2. The van der Waals surface area contributed by atoms with Crippen LogP contribution < -0.4 is 9.47 Å². The predicted molar refractivity (Wildman–Crippen MR) is 122 cm³/mol. The van der Waals surface area contributed by atoms with E-state index in [0.29, 0.717) is 5.92 Å². The lowest BCUT2D eigenvalue weighted by Gasteiger charge is -2.26. The molecule has 0 aliphatic carbocycles. The van der Waals surface area contributed by atoms with Gasteiger partial charge in [-0.05, 0) is 41.3 Å². The lowest BCUT2D eigenvalue weighted by atomic mass is 9.78. The number of hydrogen-bond donors (Lipinski definition) is 0. The van der Waals surface area contributed by atoms with Crippen molar-refractivity contribution >= 4 is 17.6 Å². The molecule has 0 aromatic heterocycles. The van der Waals surface area contributed by atoms with E-state index in [-0.39, 0.29) is 30.0 Å². The number of halogens is 1. The molecule has 4 nitrogen and oxygen atoms in total. The third kappa shape index (κ3) is 7.24. The maximum atomic E-state index is 10.8. The minimum atomic E-state index is -0.383. The zero-order chi connectivity index (χ0) is 22.1. The summed E-state index contributed by atoms with van der Waals surface area (Å²) in [6.45, 7) is 11.3. The van der Waals surface area contributed by atoms with Crippen LogP contribution in [0.3, 0.4) is 0 Å². The molecule has 0 heterocycles. The molecular formula is C25H33ClO4. The molecule has 0 aliphatic rings. The monoisotopic (exact) mass is 432 g/mol. The third-order valence-corrected chi connectivity index (χ3v) is 5.53. The summed E-state index contributed by atoms with van der Waals surface area (Å²) in [6, 6.07) is 16.4. The lowest BCUT2D eigenvalue weighted by Crippen LogP contribution is -2.20. The van der Waals surface area contributed by atoms with E-state index >= 15 is 0 Å². The Kier molecular flexibility index (Phi) is 9.04. The number of carbonyl (C=O) groups excluding carboxylic acids is 1. The molecule has 2 aromatic rings. The highest BCUT2D eigenvalue weighted by Crippen LogP contribution is 2.33. The Hall–Kier alpha value is -2.20. The van der Waals surface area contributed by atoms with Crippen molar-refractivity contribution in [2.45, 2.75) is 51.8 Å². The summed E-state index contributed by atoms with van der Waals surface area (Å²) in [6.07, 6.45) is 1.11. The van der Waals surface area contributed by atoms with Crippen LogP contribution in [0.4, 0.5) is 0 Å². The number of esters is 1. The summed E-state index contributed by atoms with van der Waals surface area (Å²) in [5, 5.41) is -0.383. The van der Waals surface area contributed by atoms with E-state index in [4.69, 9.17) is 25.8 Å². The number of rotatable bonds is 11. The molecule has 0 fully saturated rings. The highest BCUT2D eigenvalue weighted by Gasteiger charge is 2.23. The average molecular weight is 433 g/mol. The van der Waals surface area contributed by atoms with Crippen LogP contribution in [0.15, 0.2) is 48.5 Å². The first-order valence-corrected chi connectivity index (χ1v) is 10.9. The Morgan fingerprint density at radius 1 is 0.900 bits per heavy atom. The summed E-state index contributed by atoms with van der Waals surface area (Å²) in [4.78, 5) is 10.8. The van der Waals surface area contributed by atoms with Crippen molar-refractivity contribution in [2.75, 3.05) is 19.8 Å². The van der Waals surface area contributed by atoms with Crippen LogP contribution in [0.25, 0.3) is 0 Å². The molecule has 0 N–H and O–H groups in total. The first kappa shape index (κ1) is 24.1. The second kappa shape index (κ2) is 11.3. The van der Waals surface area contributed by atoms with Gasteiger partial charge in [-0.25, -0.2) is 0 Å². The van der Waals surface area contributed by atoms with Crippen LogP contribution in [0.5, 0.6) is 11.5 Å². The molecule has 0 bridgehead atoms. The zero-order valence-electron chi connectivity index (χ0n) is 18.6. The van der Waals surface area contributed by atoms with Gasteiger partial charge in [-0.2, -0.15) is 0 Å². The number of alkyl halides is 1. The Labute approximate surface area is 185 Å². The molecule has 5 heteroatoms. The van der Waals surface area contributed by atoms with E-state index in [1.54, 1.807) is 0 Å². The van der Waals surface area contributed by atoms with Crippen molar-refractivity contribution in [3.8, 4) is 11.5 Å². The summed E-state index contributed by atoms with van der Waals surface area (Å²) in [5.74, 6) is 1.85. The van der Waals surface area contributed by atoms with Crippen LogP contribution >= 0.6 is 11.6 Å². The van der Waals surface area contributed by atoms with Gasteiger partial charge in [-0.15, -0.1) is 11.6 Å². The SMILES string of the molecule is CC[C@H](C)COc1ccc(C(C)(C)c2ccc(OC[C@@H](Cl)COC(C)=O)cc2)cc1. The molecule has 30 heavy (non-hydrogen) atoms. The molecule has 164 valence electrons. The Bertz CT molecular complexity index is 784. The largest absolute Gasteiger partial charge is 0.493 e. The minimum absolute atomic E-state index is 0.138. The first-order valence-electron chi connectivity index (χ1n) is 10.5. The smallest absolute Gasteiger partial charge is 0.302 e. The van der Waals surface area contributed by atoms with Gasteiger partial charge in [0.25, 0.3) is 0 Å². The van der Waals surface area contributed by atoms with Gasteiger partial charge in [-0.3, -0.25) is 4.79 Å². The van der Waals surface area contributed by atoms with E-state index in [2.05, 4.69) is 52.0 Å². The molecule has 2 rings (SSSR count). The summed E-state index contributed by atoms with van der Waals surface area (Å²) < 4.78 is 16.5. The molecular weight excluding hydrogens is 400 g/mol. The van der Waals surface area contributed by atoms with Gasteiger partial charge in [0.2, 0.25) is 0 Å². The maximum Gasteiger partial charge on any atom is 0.302 e. The molecule has 0 amide bonds. The van der Waals surface area contributed by atoms with Crippen LogP contribution in [-0.4, -0.2) is 31.2 Å². The van der Waals surface area contributed by atoms with Crippen LogP contribution in [0.2, 0.25) is 0 Å². The van der Waals surface area contributed by atoms with Crippen molar-refractivity contribution < 1.29 is 19.0 Å². The fourth-order valence-corrected chi connectivity index (χ4v) is 3.03. The highest BCUT2D eigenvalue weighted by molar-refractivity contribution is 6.20. The van der Waals surface area contributed by atoms with E-state index < -0.39 is 0 Å². The van der Waals surface area contributed by atoms with Crippen LogP contribution in [-0.2, 0) is 14.9 Å². The lowest BCUT2D eigenvalue weighted by molar-refractivity contribution is -0.141. The Balaban J connectivity index is 1.96. The van der Waals surface area contributed by atoms with Crippen LogP contribution in [0, 0.1) is 5.92 Å². The van der Waals surface area contributed by atoms with E-state index in [1.807, 2.05) is 24.3 Å². The van der Waals surface area contributed by atoms with Crippen molar-refractivity contribution in [2.24, 2.45) is 5.92 Å². The standard InChI is InChI=1S/C25H33ClO4/c1-6-18(2)15-29-23-11-7-20(8-12-23)25(4,5)21-9-13-24(14-10-21)30-17-22(26)16-28-19(3)27/h7-14,18,22H,6,15-17H2,1-5H3/t18-,22-/m0/s1. The van der Waals surface area contributed by atoms with Gasteiger partial charge in [-0.1, -0.05) is 58.4 Å². The Morgan fingerprint density at radius 3 is 1.80 bits per heavy atom. The van der Waals surface area contributed by atoms with Crippen molar-refractivity contribution in [1.82, 2.24) is 0 Å². The number of ether oxygens (including phenoxy) is 3. The summed E-state index contributed by atoms with van der Waals surface area (Å²) in [5.41, 5.74) is 2.25. The molecule has 0 aliphatic heterocycles. The van der Waals surface area contributed by atoms with Gasteiger partial charge in [0.05, 0.1) is 6.61 Å². The molecule has 0 saturated carbocycles. The molecule has 0 spiro atoms. The second-order valence-electron chi connectivity index (χ2n) is 8.21. The molecule has 2 aromatic carbocycles.